The second kappa shape index (κ2) is 6.44. The van der Waals surface area contributed by atoms with Crippen molar-refractivity contribution >= 4 is 33.5 Å². The Kier molecular flexibility index (Phi) is 4.17. The monoisotopic (exact) mass is 338 g/mol. The van der Waals surface area contributed by atoms with Gasteiger partial charge in [0.1, 0.15) is 11.4 Å². The lowest BCUT2D eigenvalue weighted by atomic mass is 10.1. The van der Waals surface area contributed by atoms with Gasteiger partial charge in [-0.15, -0.1) is 10.2 Å². The van der Waals surface area contributed by atoms with Crippen molar-refractivity contribution in [2.24, 2.45) is 10.2 Å². The molecule has 8 heteroatoms. The van der Waals surface area contributed by atoms with Crippen LogP contribution < -0.4 is 10.5 Å². The molecule has 3 aromatic carbocycles. The highest BCUT2D eigenvalue weighted by molar-refractivity contribution is 6.00. The molecule has 0 radical (unpaired) electrons. The van der Waals surface area contributed by atoms with Gasteiger partial charge in [0.25, 0.3) is 5.69 Å². The molecule has 0 bridgehead atoms. The van der Waals surface area contributed by atoms with Crippen LogP contribution in [0, 0.1) is 10.1 Å². The maximum absolute atomic E-state index is 10.8. The smallest absolute Gasteiger partial charge is 0.273 e. The predicted molar refractivity (Wildman–Crippen MR) is 93.8 cm³/mol. The van der Waals surface area contributed by atoms with E-state index in [0.717, 1.165) is 5.39 Å². The number of non-ortho nitro benzene ring substituents is 1. The first-order valence-corrected chi connectivity index (χ1v) is 7.25. The van der Waals surface area contributed by atoms with Crippen LogP contribution in [0.1, 0.15) is 0 Å². The maximum Gasteiger partial charge on any atom is 0.273 e. The number of methoxy groups -OCH3 is 1. The van der Waals surface area contributed by atoms with E-state index in [2.05, 4.69) is 10.2 Å². The number of hydrogen-bond acceptors (Lipinski definition) is 7. The van der Waals surface area contributed by atoms with E-state index in [1.54, 1.807) is 24.3 Å². The molecule has 8 nitrogen and oxygen atoms in total. The van der Waals surface area contributed by atoms with E-state index in [1.807, 2.05) is 0 Å². The Morgan fingerprint density at radius 1 is 1.04 bits per heavy atom. The largest absolute Gasteiger partial charge is 0.508 e. The quantitative estimate of drug-likeness (QED) is 0.314. The molecule has 0 saturated carbocycles. The molecule has 3 N–H and O–H groups in total. The number of fused-ring (bicyclic) bond motifs is 1. The highest BCUT2D eigenvalue weighted by Gasteiger charge is 2.11. The van der Waals surface area contributed by atoms with Crippen LogP contribution in [-0.4, -0.2) is 17.1 Å². The van der Waals surface area contributed by atoms with Crippen molar-refractivity contribution in [2.75, 3.05) is 12.8 Å². The number of nitrogen functional groups attached to an aromatic ring is 1. The Morgan fingerprint density at radius 2 is 1.76 bits per heavy atom. The van der Waals surface area contributed by atoms with Crippen LogP contribution in [0.5, 0.6) is 11.5 Å². The SMILES string of the molecule is COc1cc([N+](=O)[O-])ccc1N=Nc1ccc(N)c2cc(O)ccc12. The first kappa shape index (κ1) is 16.2. The van der Waals surface area contributed by atoms with E-state index in [4.69, 9.17) is 10.5 Å². The van der Waals surface area contributed by atoms with Crippen LogP contribution in [0.2, 0.25) is 0 Å². The third kappa shape index (κ3) is 3.18. The standard InChI is InChI=1S/C17H14N4O4/c1-25-17-8-10(21(23)24)2-6-16(17)20-19-15-7-5-14(18)13-9-11(22)3-4-12(13)15/h2-9,22H,18H2,1H3. The molecule has 126 valence electrons. The Hall–Kier alpha value is -3.68. The summed E-state index contributed by atoms with van der Waals surface area (Å²) in [7, 11) is 1.40. The summed E-state index contributed by atoms with van der Waals surface area (Å²) in [5.74, 6) is 0.348. The zero-order valence-electron chi connectivity index (χ0n) is 13.2. The predicted octanol–water partition coefficient (Wildman–Crippen LogP) is 4.46. The van der Waals surface area contributed by atoms with Crippen molar-refractivity contribution in [1.29, 1.82) is 0 Å². The summed E-state index contributed by atoms with van der Waals surface area (Å²) < 4.78 is 5.14. The van der Waals surface area contributed by atoms with Crippen molar-refractivity contribution in [1.82, 2.24) is 0 Å². The average molecular weight is 338 g/mol. The molecular formula is C17H14N4O4. The summed E-state index contributed by atoms with van der Waals surface area (Å²) in [5, 5.41) is 30.1. The van der Waals surface area contributed by atoms with Crippen molar-refractivity contribution < 1.29 is 14.8 Å². The van der Waals surface area contributed by atoms with Gasteiger partial charge in [0.2, 0.25) is 0 Å². The van der Waals surface area contributed by atoms with Gasteiger partial charge in [0, 0.05) is 22.5 Å². The molecular weight excluding hydrogens is 324 g/mol. The molecule has 0 aliphatic rings. The number of nitro groups is 1. The van der Waals surface area contributed by atoms with Gasteiger partial charge in [-0.1, -0.05) is 0 Å². The number of rotatable bonds is 4. The molecule has 0 atom stereocenters. The normalized spacial score (nSPS) is 11.1. The number of phenols is 1. The van der Waals surface area contributed by atoms with Crippen LogP contribution >= 0.6 is 0 Å². The molecule has 25 heavy (non-hydrogen) atoms. The lowest BCUT2D eigenvalue weighted by Crippen LogP contribution is -1.90. The summed E-state index contributed by atoms with van der Waals surface area (Å²) >= 11 is 0. The van der Waals surface area contributed by atoms with Crippen LogP contribution in [0.15, 0.2) is 58.8 Å². The summed E-state index contributed by atoms with van der Waals surface area (Å²) in [5.41, 5.74) is 7.25. The highest BCUT2D eigenvalue weighted by Crippen LogP contribution is 2.36. The van der Waals surface area contributed by atoms with Gasteiger partial charge in [-0.3, -0.25) is 10.1 Å². The van der Waals surface area contributed by atoms with Gasteiger partial charge in [-0.05, 0) is 36.4 Å². The summed E-state index contributed by atoms with van der Waals surface area (Å²) in [6.45, 7) is 0. The number of anilines is 1. The minimum absolute atomic E-state index is 0.0933. The molecule has 0 saturated heterocycles. The van der Waals surface area contributed by atoms with Crippen LogP contribution in [-0.2, 0) is 0 Å². The van der Waals surface area contributed by atoms with E-state index >= 15 is 0 Å². The number of nitrogens with zero attached hydrogens (tertiary/aromatic N) is 3. The van der Waals surface area contributed by atoms with E-state index in [1.165, 1.54) is 31.4 Å². The van der Waals surface area contributed by atoms with Gasteiger partial charge < -0.3 is 15.6 Å². The second-order valence-corrected chi connectivity index (χ2v) is 5.22. The van der Waals surface area contributed by atoms with Crippen molar-refractivity contribution in [3.63, 3.8) is 0 Å². The number of ether oxygens (including phenoxy) is 1. The number of azo groups is 1. The molecule has 3 rings (SSSR count). The molecule has 0 heterocycles. The fraction of sp³-hybridized carbons (Fsp3) is 0.0588. The molecule has 0 spiro atoms. The first-order chi connectivity index (χ1) is 12.0. The van der Waals surface area contributed by atoms with E-state index in [9.17, 15) is 15.2 Å². The van der Waals surface area contributed by atoms with E-state index in [0.29, 0.717) is 22.4 Å². The molecule has 0 aliphatic heterocycles. The number of benzene rings is 3. The summed E-state index contributed by atoms with van der Waals surface area (Å²) in [6, 6.07) is 12.2. The van der Waals surface area contributed by atoms with Crippen molar-refractivity contribution in [2.45, 2.75) is 0 Å². The Morgan fingerprint density at radius 3 is 2.48 bits per heavy atom. The fourth-order valence-electron chi connectivity index (χ4n) is 2.40. The van der Waals surface area contributed by atoms with E-state index in [-0.39, 0.29) is 17.2 Å². The lowest BCUT2D eigenvalue weighted by Gasteiger charge is -2.06. The number of phenolic OH excluding ortho intramolecular Hbond substituents is 1. The molecule has 0 fully saturated rings. The topological polar surface area (TPSA) is 123 Å². The Labute approximate surface area is 142 Å². The van der Waals surface area contributed by atoms with Gasteiger partial charge in [-0.25, -0.2) is 0 Å². The number of aromatic hydroxyl groups is 1. The Balaban J connectivity index is 2.04. The summed E-state index contributed by atoms with van der Waals surface area (Å²) in [4.78, 5) is 10.3. The first-order valence-electron chi connectivity index (χ1n) is 7.25. The Bertz CT molecular complexity index is 1000. The van der Waals surface area contributed by atoms with Gasteiger partial charge in [0.05, 0.1) is 23.8 Å². The zero-order valence-corrected chi connectivity index (χ0v) is 13.2. The van der Waals surface area contributed by atoms with Gasteiger partial charge >= 0.3 is 0 Å². The minimum atomic E-state index is -0.511. The third-order valence-electron chi connectivity index (χ3n) is 3.65. The lowest BCUT2D eigenvalue weighted by molar-refractivity contribution is -0.384. The molecule has 0 aliphatic carbocycles. The molecule has 0 unspecified atom stereocenters. The number of nitro benzene ring substituents is 1. The van der Waals surface area contributed by atoms with Crippen molar-refractivity contribution in [3.8, 4) is 11.5 Å². The minimum Gasteiger partial charge on any atom is -0.508 e. The third-order valence-corrected chi connectivity index (χ3v) is 3.65. The van der Waals surface area contributed by atoms with Crippen LogP contribution in [0.3, 0.4) is 0 Å². The highest BCUT2D eigenvalue weighted by atomic mass is 16.6. The van der Waals surface area contributed by atoms with Gasteiger partial charge in [-0.2, -0.15) is 0 Å². The van der Waals surface area contributed by atoms with Crippen LogP contribution in [0.25, 0.3) is 10.8 Å². The fourth-order valence-corrected chi connectivity index (χ4v) is 2.40. The second-order valence-electron chi connectivity index (χ2n) is 5.22. The number of hydrogen-bond donors (Lipinski definition) is 2. The van der Waals surface area contributed by atoms with Gasteiger partial charge in [0.15, 0.2) is 5.75 Å². The summed E-state index contributed by atoms with van der Waals surface area (Å²) in [6.07, 6.45) is 0. The van der Waals surface area contributed by atoms with E-state index < -0.39 is 4.92 Å². The van der Waals surface area contributed by atoms with Crippen LogP contribution in [0.4, 0.5) is 22.7 Å². The molecule has 0 amide bonds. The maximum atomic E-state index is 10.8. The average Bonchev–Trinajstić information content (AvgIpc) is 2.61. The molecule has 0 aromatic heterocycles. The van der Waals surface area contributed by atoms with Crippen molar-refractivity contribution in [3.05, 3.63) is 58.6 Å². The zero-order chi connectivity index (χ0) is 18.0. The molecule has 3 aromatic rings. The number of nitrogens with two attached hydrogens (primary N) is 1.